The molecular weight excluding hydrogens is 524 g/mol. The van der Waals surface area contributed by atoms with Crippen LogP contribution < -0.4 is 0 Å². The van der Waals surface area contributed by atoms with Crippen molar-refractivity contribution < 1.29 is 38.6 Å². The first-order valence-corrected chi connectivity index (χ1v) is 14.7. The number of ketones is 2. The lowest BCUT2D eigenvalue weighted by Gasteiger charge is -2.66. The van der Waals surface area contributed by atoms with Gasteiger partial charge in [0.25, 0.3) is 0 Å². The third-order valence-corrected chi connectivity index (χ3v) is 11.0. The van der Waals surface area contributed by atoms with Crippen molar-refractivity contribution in [3.8, 4) is 0 Å². The van der Waals surface area contributed by atoms with Gasteiger partial charge in [-0.05, 0) is 80.3 Å². The third-order valence-electron chi connectivity index (χ3n) is 11.0. The first kappa shape index (κ1) is 30.9. The SMILES string of the molecule is CC(=O)OC1CC2(C)C(CCC3C4(C)C=CC(=O)C(C)C4C(OC(C)=O)C(=O)C32C)/C1=C(\CCC=C(C)C)C(=O)O. The summed E-state index contributed by atoms with van der Waals surface area (Å²) in [5, 5.41) is 10.4. The number of fused-ring (bicyclic) bond motifs is 5. The topological polar surface area (TPSA) is 124 Å². The van der Waals surface area contributed by atoms with Crippen molar-refractivity contribution in [3.05, 3.63) is 34.9 Å². The average molecular weight is 569 g/mol. The standard InChI is InChI=1S/C33H44O8/c1-17(2)10-9-11-21(30(38)39)26-22-12-13-25-31(6)15-14-23(36)18(3)27(31)28(41-20(5)35)29(37)33(25,8)32(22,7)16-24(26)40-19(4)34/h10,14-15,18,22,24-25,27-28H,9,11-13,16H2,1-8H3,(H,38,39)/b26-21-. The molecule has 4 aliphatic rings. The number of esters is 2. The fraction of sp³-hybridized carbons (Fsp3) is 0.667. The number of carboxylic acids is 1. The molecule has 9 atom stereocenters. The van der Waals surface area contributed by atoms with Crippen molar-refractivity contribution in [2.75, 3.05) is 0 Å². The van der Waals surface area contributed by atoms with E-state index in [1.165, 1.54) is 13.8 Å². The van der Waals surface area contributed by atoms with E-state index in [-0.39, 0.29) is 41.8 Å². The molecule has 0 aromatic carbocycles. The molecule has 8 nitrogen and oxygen atoms in total. The summed E-state index contributed by atoms with van der Waals surface area (Å²) < 4.78 is 11.6. The highest BCUT2D eigenvalue weighted by atomic mass is 16.5. The fourth-order valence-electron chi connectivity index (χ4n) is 9.19. The van der Waals surface area contributed by atoms with Gasteiger partial charge in [0.05, 0.1) is 0 Å². The molecule has 3 fully saturated rings. The van der Waals surface area contributed by atoms with E-state index in [9.17, 15) is 29.1 Å². The van der Waals surface area contributed by atoms with Gasteiger partial charge in [-0.25, -0.2) is 4.79 Å². The van der Waals surface area contributed by atoms with Crippen LogP contribution >= 0.6 is 0 Å². The number of aliphatic carboxylic acids is 1. The first-order chi connectivity index (χ1) is 19.0. The predicted molar refractivity (Wildman–Crippen MR) is 151 cm³/mol. The summed E-state index contributed by atoms with van der Waals surface area (Å²) in [6, 6.07) is 0. The van der Waals surface area contributed by atoms with Gasteiger partial charge in [-0.1, -0.05) is 45.4 Å². The molecule has 4 rings (SSSR count). The quantitative estimate of drug-likeness (QED) is 0.257. The smallest absolute Gasteiger partial charge is 0.331 e. The Morgan fingerprint density at radius 3 is 2.22 bits per heavy atom. The van der Waals surface area contributed by atoms with E-state index >= 15 is 0 Å². The van der Waals surface area contributed by atoms with Crippen LogP contribution in [-0.4, -0.2) is 46.8 Å². The molecule has 0 heterocycles. The lowest BCUT2D eigenvalue weighted by atomic mass is 9.37. The maximum absolute atomic E-state index is 14.7. The Hall–Kier alpha value is -3.03. The molecule has 4 aliphatic carbocycles. The van der Waals surface area contributed by atoms with E-state index < -0.39 is 58.2 Å². The van der Waals surface area contributed by atoms with Crippen LogP contribution in [0.4, 0.5) is 0 Å². The average Bonchev–Trinajstić information content (AvgIpc) is 3.14. The molecule has 0 saturated heterocycles. The maximum atomic E-state index is 14.7. The number of carboxylic acid groups (broad SMARTS) is 1. The monoisotopic (exact) mass is 568 g/mol. The van der Waals surface area contributed by atoms with Crippen LogP contribution in [0, 0.1) is 39.9 Å². The highest BCUT2D eigenvalue weighted by Crippen LogP contribution is 2.73. The van der Waals surface area contributed by atoms with Gasteiger partial charge in [-0.2, -0.15) is 0 Å². The number of rotatable bonds is 6. The van der Waals surface area contributed by atoms with Gasteiger partial charge in [0.1, 0.15) is 6.10 Å². The number of hydrogen-bond acceptors (Lipinski definition) is 7. The lowest BCUT2D eigenvalue weighted by Crippen LogP contribution is -2.69. The van der Waals surface area contributed by atoms with E-state index in [0.717, 1.165) is 5.57 Å². The Morgan fingerprint density at radius 1 is 1.02 bits per heavy atom. The molecule has 9 unspecified atom stereocenters. The van der Waals surface area contributed by atoms with Crippen LogP contribution in [0.15, 0.2) is 34.9 Å². The minimum Gasteiger partial charge on any atom is -0.478 e. The van der Waals surface area contributed by atoms with E-state index in [1.807, 2.05) is 39.8 Å². The van der Waals surface area contributed by atoms with Crippen molar-refractivity contribution in [1.29, 1.82) is 0 Å². The van der Waals surface area contributed by atoms with Crippen LogP contribution in [0.3, 0.4) is 0 Å². The number of carbonyl (C=O) groups excluding carboxylic acids is 4. The molecule has 224 valence electrons. The Labute approximate surface area is 242 Å². The number of Topliss-reactive ketones (excluding diaryl/α,β-unsaturated/α-hetero) is 1. The van der Waals surface area contributed by atoms with Gasteiger partial charge in [0.2, 0.25) is 0 Å². The van der Waals surface area contributed by atoms with Gasteiger partial charge < -0.3 is 14.6 Å². The first-order valence-electron chi connectivity index (χ1n) is 14.7. The van der Waals surface area contributed by atoms with Gasteiger partial charge in [0, 0.05) is 36.7 Å². The summed E-state index contributed by atoms with van der Waals surface area (Å²) >= 11 is 0. The number of allylic oxidation sites excluding steroid dienone is 4. The van der Waals surface area contributed by atoms with Gasteiger partial charge >= 0.3 is 17.9 Å². The normalized spacial score (nSPS) is 40.6. The summed E-state index contributed by atoms with van der Waals surface area (Å²) in [5.41, 5.74) is -0.526. The number of ether oxygens (including phenoxy) is 2. The van der Waals surface area contributed by atoms with Crippen LogP contribution in [0.5, 0.6) is 0 Å². The highest BCUT2D eigenvalue weighted by molar-refractivity contribution is 5.98. The zero-order valence-corrected chi connectivity index (χ0v) is 25.5. The van der Waals surface area contributed by atoms with Crippen molar-refractivity contribution in [2.45, 2.75) is 99.7 Å². The van der Waals surface area contributed by atoms with E-state index in [4.69, 9.17) is 9.47 Å². The van der Waals surface area contributed by atoms with Gasteiger partial charge in [-0.3, -0.25) is 19.2 Å². The summed E-state index contributed by atoms with van der Waals surface area (Å²) in [7, 11) is 0. The highest BCUT2D eigenvalue weighted by Gasteiger charge is 2.74. The number of hydrogen-bond donors (Lipinski definition) is 1. The van der Waals surface area contributed by atoms with E-state index in [2.05, 4.69) is 6.92 Å². The minimum atomic E-state index is -1.12. The summed E-state index contributed by atoms with van der Waals surface area (Å²) in [5.74, 6) is -3.98. The van der Waals surface area contributed by atoms with Crippen molar-refractivity contribution >= 4 is 29.5 Å². The van der Waals surface area contributed by atoms with E-state index in [0.29, 0.717) is 24.8 Å². The van der Waals surface area contributed by atoms with Crippen molar-refractivity contribution in [1.82, 2.24) is 0 Å². The molecule has 41 heavy (non-hydrogen) atoms. The molecule has 1 N–H and O–H groups in total. The van der Waals surface area contributed by atoms with Gasteiger partial charge in [-0.15, -0.1) is 0 Å². The van der Waals surface area contributed by atoms with Gasteiger partial charge in [0.15, 0.2) is 17.7 Å². The summed E-state index contributed by atoms with van der Waals surface area (Å²) in [6.45, 7) is 14.3. The molecule has 0 amide bonds. The largest absolute Gasteiger partial charge is 0.478 e. The summed E-state index contributed by atoms with van der Waals surface area (Å²) in [4.78, 5) is 64.9. The van der Waals surface area contributed by atoms with Crippen molar-refractivity contribution in [3.63, 3.8) is 0 Å². The lowest BCUT2D eigenvalue weighted by molar-refractivity contribution is -0.207. The zero-order valence-electron chi connectivity index (χ0n) is 25.5. The van der Waals surface area contributed by atoms with Crippen molar-refractivity contribution in [2.24, 2.45) is 39.9 Å². The molecule has 0 radical (unpaired) electrons. The Morgan fingerprint density at radius 2 is 1.66 bits per heavy atom. The second-order valence-corrected chi connectivity index (χ2v) is 13.5. The molecule has 8 heteroatoms. The molecule has 0 bridgehead atoms. The minimum absolute atomic E-state index is 0.0931. The second-order valence-electron chi connectivity index (χ2n) is 13.5. The molecule has 0 spiro atoms. The second kappa shape index (κ2) is 10.7. The van der Waals surface area contributed by atoms with Crippen LogP contribution in [-0.2, 0) is 33.4 Å². The number of carbonyl (C=O) groups is 5. The Bertz CT molecular complexity index is 1270. The van der Waals surface area contributed by atoms with Crippen LogP contribution in [0.25, 0.3) is 0 Å². The molecule has 3 saturated carbocycles. The molecule has 0 aliphatic heterocycles. The zero-order chi connectivity index (χ0) is 30.7. The van der Waals surface area contributed by atoms with E-state index in [1.54, 1.807) is 13.0 Å². The van der Waals surface area contributed by atoms with Crippen LogP contribution in [0.1, 0.15) is 87.5 Å². The molecule has 0 aromatic rings. The van der Waals surface area contributed by atoms with Crippen LogP contribution in [0.2, 0.25) is 0 Å². The molecule has 0 aromatic heterocycles. The summed E-state index contributed by atoms with van der Waals surface area (Å²) in [6.07, 6.45) is 5.95. The Balaban J connectivity index is 1.93. The maximum Gasteiger partial charge on any atom is 0.331 e. The fourth-order valence-corrected chi connectivity index (χ4v) is 9.19. The third kappa shape index (κ3) is 4.71. The predicted octanol–water partition coefficient (Wildman–Crippen LogP) is 5.40. The molecular formula is C33H44O8. The Kier molecular flexibility index (Phi) is 8.04.